The first-order valence-electron chi connectivity index (χ1n) is 6.34. The zero-order valence-corrected chi connectivity index (χ0v) is 12.7. The van der Waals surface area contributed by atoms with Crippen LogP contribution < -0.4 is 5.32 Å². The Hall–Kier alpha value is -1.65. The summed E-state index contributed by atoms with van der Waals surface area (Å²) in [5.41, 5.74) is 2.90. The summed E-state index contributed by atoms with van der Waals surface area (Å²) in [5, 5.41) is 7.60. The Labute approximate surface area is 125 Å². The number of hydrogen-bond acceptors (Lipinski definition) is 3. The summed E-state index contributed by atoms with van der Waals surface area (Å²) in [6, 6.07) is 11.5. The Balaban J connectivity index is 1.68. The molecule has 2 heterocycles. The molecule has 0 saturated carbocycles. The fourth-order valence-corrected chi connectivity index (χ4v) is 3.60. The molecular formula is C16H14FNS2. The molecule has 20 heavy (non-hydrogen) atoms. The summed E-state index contributed by atoms with van der Waals surface area (Å²) in [4.78, 5) is 2.57. The summed E-state index contributed by atoms with van der Waals surface area (Å²) in [5.74, 6) is -0.161. The minimum absolute atomic E-state index is 0.161. The zero-order chi connectivity index (χ0) is 13.9. The van der Waals surface area contributed by atoms with Crippen molar-refractivity contribution < 1.29 is 4.39 Å². The van der Waals surface area contributed by atoms with Crippen LogP contribution in [-0.4, -0.2) is 0 Å². The van der Waals surface area contributed by atoms with E-state index in [1.54, 1.807) is 35.7 Å². The van der Waals surface area contributed by atoms with Gasteiger partial charge in [-0.15, -0.1) is 22.7 Å². The van der Waals surface area contributed by atoms with Gasteiger partial charge in [0.25, 0.3) is 0 Å². The third kappa shape index (κ3) is 2.92. The molecule has 2 aromatic heterocycles. The predicted molar refractivity (Wildman–Crippen MR) is 86.1 cm³/mol. The molecule has 0 unspecified atom stereocenters. The Kier molecular flexibility index (Phi) is 3.85. The number of rotatable bonds is 4. The van der Waals surface area contributed by atoms with Crippen LogP contribution in [0.4, 0.5) is 10.1 Å². The van der Waals surface area contributed by atoms with E-state index in [2.05, 4.69) is 34.3 Å². The van der Waals surface area contributed by atoms with Crippen LogP contribution in [0.25, 0.3) is 10.4 Å². The van der Waals surface area contributed by atoms with Crippen molar-refractivity contribution in [2.24, 2.45) is 0 Å². The van der Waals surface area contributed by atoms with Crippen molar-refractivity contribution in [3.63, 3.8) is 0 Å². The SMILES string of the molecule is Cc1cc(NCc2cc(-c3cccs3)cs2)ccc1F. The van der Waals surface area contributed by atoms with E-state index in [9.17, 15) is 4.39 Å². The van der Waals surface area contributed by atoms with Crippen molar-refractivity contribution in [2.75, 3.05) is 5.32 Å². The quantitative estimate of drug-likeness (QED) is 0.667. The van der Waals surface area contributed by atoms with Crippen molar-refractivity contribution in [3.8, 4) is 10.4 Å². The first kappa shape index (κ1) is 13.3. The monoisotopic (exact) mass is 303 g/mol. The molecule has 3 aromatic rings. The maximum absolute atomic E-state index is 13.2. The molecule has 102 valence electrons. The van der Waals surface area contributed by atoms with Gasteiger partial charge >= 0.3 is 0 Å². The number of anilines is 1. The lowest BCUT2D eigenvalue weighted by Gasteiger charge is -2.06. The molecule has 0 fully saturated rings. The van der Waals surface area contributed by atoms with Gasteiger partial charge in [-0.2, -0.15) is 0 Å². The first-order chi connectivity index (χ1) is 9.72. The maximum Gasteiger partial charge on any atom is 0.126 e. The van der Waals surface area contributed by atoms with Crippen LogP contribution in [0.1, 0.15) is 10.4 Å². The van der Waals surface area contributed by atoms with Crippen LogP contribution in [0.5, 0.6) is 0 Å². The van der Waals surface area contributed by atoms with E-state index in [0.29, 0.717) is 5.56 Å². The van der Waals surface area contributed by atoms with Gasteiger partial charge in [-0.25, -0.2) is 4.39 Å². The van der Waals surface area contributed by atoms with Crippen LogP contribution in [0.15, 0.2) is 47.2 Å². The third-order valence-electron chi connectivity index (χ3n) is 3.08. The minimum Gasteiger partial charge on any atom is -0.380 e. The second kappa shape index (κ2) is 5.77. The molecule has 0 aliphatic rings. The van der Waals surface area contributed by atoms with Gasteiger partial charge in [0.2, 0.25) is 0 Å². The minimum atomic E-state index is -0.161. The van der Waals surface area contributed by atoms with E-state index in [1.807, 2.05) is 6.07 Å². The first-order valence-corrected chi connectivity index (χ1v) is 8.09. The summed E-state index contributed by atoms with van der Waals surface area (Å²) in [6.07, 6.45) is 0. The van der Waals surface area contributed by atoms with E-state index in [1.165, 1.54) is 21.4 Å². The summed E-state index contributed by atoms with van der Waals surface area (Å²) < 4.78 is 13.2. The lowest BCUT2D eigenvalue weighted by molar-refractivity contribution is 0.618. The summed E-state index contributed by atoms with van der Waals surface area (Å²) in [7, 11) is 0. The standard InChI is InChI=1S/C16H14FNS2/c1-11-7-13(4-5-15(11)17)18-9-14-8-12(10-20-14)16-3-2-6-19-16/h2-8,10,18H,9H2,1H3. The molecule has 0 spiro atoms. The molecule has 4 heteroatoms. The normalized spacial score (nSPS) is 10.7. The topological polar surface area (TPSA) is 12.0 Å². The van der Waals surface area contributed by atoms with Gasteiger partial charge in [-0.1, -0.05) is 6.07 Å². The number of hydrogen-bond donors (Lipinski definition) is 1. The van der Waals surface area contributed by atoms with Crippen LogP contribution in [0, 0.1) is 12.7 Å². The summed E-state index contributed by atoms with van der Waals surface area (Å²) in [6.45, 7) is 2.54. The van der Waals surface area contributed by atoms with Gasteiger partial charge in [-0.3, -0.25) is 0 Å². The molecule has 0 atom stereocenters. The van der Waals surface area contributed by atoms with Crippen molar-refractivity contribution in [2.45, 2.75) is 13.5 Å². The van der Waals surface area contributed by atoms with Gasteiger partial charge in [-0.05, 0) is 53.6 Å². The predicted octanol–water partition coefficient (Wildman–Crippen LogP) is 5.54. The fraction of sp³-hybridized carbons (Fsp3) is 0.125. The molecule has 1 aromatic carbocycles. The second-order valence-electron chi connectivity index (χ2n) is 4.60. The van der Waals surface area contributed by atoms with Gasteiger partial charge in [0, 0.05) is 27.5 Å². The van der Waals surface area contributed by atoms with Crippen molar-refractivity contribution in [1.82, 2.24) is 0 Å². The molecule has 0 aliphatic heterocycles. The number of aryl methyl sites for hydroxylation is 1. The third-order valence-corrected chi connectivity index (χ3v) is 4.94. The van der Waals surface area contributed by atoms with Crippen molar-refractivity contribution in [1.29, 1.82) is 0 Å². The van der Waals surface area contributed by atoms with Gasteiger partial charge < -0.3 is 5.32 Å². The largest absolute Gasteiger partial charge is 0.380 e. The molecule has 0 amide bonds. The molecular weight excluding hydrogens is 289 g/mol. The van der Waals surface area contributed by atoms with Crippen LogP contribution in [-0.2, 0) is 6.54 Å². The Bertz CT molecular complexity index is 701. The van der Waals surface area contributed by atoms with Crippen molar-refractivity contribution >= 4 is 28.4 Å². The van der Waals surface area contributed by atoms with Crippen LogP contribution in [0.3, 0.4) is 0 Å². The summed E-state index contributed by atoms with van der Waals surface area (Å²) >= 11 is 3.50. The highest BCUT2D eigenvalue weighted by Gasteiger charge is 2.04. The molecule has 0 bridgehead atoms. The zero-order valence-electron chi connectivity index (χ0n) is 11.0. The number of nitrogens with one attached hydrogen (secondary N) is 1. The van der Waals surface area contributed by atoms with E-state index in [4.69, 9.17) is 0 Å². The van der Waals surface area contributed by atoms with E-state index in [-0.39, 0.29) is 5.82 Å². The van der Waals surface area contributed by atoms with E-state index >= 15 is 0 Å². The highest BCUT2D eigenvalue weighted by atomic mass is 32.1. The molecule has 0 aliphatic carbocycles. The molecule has 0 saturated heterocycles. The average Bonchev–Trinajstić information content (AvgIpc) is 3.09. The molecule has 3 rings (SSSR count). The molecule has 1 N–H and O–H groups in total. The fourth-order valence-electron chi connectivity index (χ4n) is 1.99. The second-order valence-corrected chi connectivity index (χ2v) is 6.54. The van der Waals surface area contributed by atoms with E-state index in [0.717, 1.165) is 12.2 Å². The maximum atomic E-state index is 13.2. The average molecular weight is 303 g/mol. The van der Waals surface area contributed by atoms with Crippen LogP contribution in [0.2, 0.25) is 0 Å². The smallest absolute Gasteiger partial charge is 0.126 e. The number of halogens is 1. The molecule has 1 nitrogen and oxygen atoms in total. The molecule has 0 radical (unpaired) electrons. The number of benzene rings is 1. The van der Waals surface area contributed by atoms with Gasteiger partial charge in [0.05, 0.1) is 0 Å². The lowest BCUT2D eigenvalue weighted by Crippen LogP contribution is -1.98. The Morgan fingerprint density at radius 3 is 2.80 bits per heavy atom. The van der Waals surface area contributed by atoms with Gasteiger partial charge in [0.15, 0.2) is 0 Å². The Morgan fingerprint density at radius 2 is 2.05 bits per heavy atom. The lowest BCUT2D eigenvalue weighted by atomic mass is 10.2. The van der Waals surface area contributed by atoms with Crippen LogP contribution >= 0.6 is 22.7 Å². The highest BCUT2D eigenvalue weighted by molar-refractivity contribution is 7.14. The van der Waals surface area contributed by atoms with E-state index < -0.39 is 0 Å². The Morgan fingerprint density at radius 1 is 1.15 bits per heavy atom. The number of thiophene rings is 2. The highest BCUT2D eigenvalue weighted by Crippen LogP contribution is 2.29. The van der Waals surface area contributed by atoms with Crippen molar-refractivity contribution in [3.05, 3.63) is 63.4 Å². The van der Waals surface area contributed by atoms with Gasteiger partial charge in [0.1, 0.15) is 5.82 Å².